The first-order chi connectivity index (χ1) is 8.63. The zero-order valence-electron chi connectivity index (χ0n) is 10.7. The number of benzene rings is 1. The van der Waals surface area contributed by atoms with Crippen molar-refractivity contribution in [2.75, 3.05) is 24.5 Å². The van der Waals surface area contributed by atoms with Crippen molar-refractivity contribution in [3.05, 3.63) is 29.6 Å². The number of anilines is 1. The molecule has 1 aromatic carbocycles. The summed E-state index contributed by atoms with van der Waals surface area (Å²) in [4.78, 5) is 13.2. The number of aliphatic hydroxyl groups is 1. The first kappa shape index (κ1) is 14.4. The van der Waals surface area contributed by atoms with Gasteiger partial charge in [0.05, 0.1) is 18.8 Å². The average molecular weight is 254 g/mol. The molecule has 0 aliphatic carbocycles. The van der Waals surface area contributed by atoms with E-state index in [0.29, 0.717) is 24.3 Å². The summed E-state index contributed by atoms with van der Waals surface area (Å²) in [5.41, 5.74) is 0.787. The van der Waals surface area contributed by atoms with Gasteiger partial charge in [-0.05, 0) is 19.9 Å². The maximum Gasteiger partial charge on any atom is 0.239 e. The predicted octanol–water partition coefficient (Wildman–Crippen LogP) is 1.28. The lowest BCUT2D eigenvalue weighted by atomic mass is 10.1. The van der Waals surface area contributed by atoms with Crippen LogP contribution in [0, 0.1) is 5.82 Å². The van der Waals surface area contributed by atoms with E-state index in [4.69, 9.17) is 0 Å². The molecule has 5 heteroatoms. The number of carbonyl (C=O) groups excluding carboxylic acids is 1. The minimum absolute atomic E-state index is 0.0816. The van der Waals surface area contributed by atoms with Gasteiger partial charge in [-0.25, -0.2) is 4.39 Å². The van der Waals surface area contributed by atoms with Gasteiger partial charge in [-0.1, -0.05) is 12.1 Å². The zero-order valence-corrected chi connectivity index (χ0v) is 10.7. The second kappa shape index (κ2) is 6.96. The molecule has 0 radical (unpaired) electrons. The van der Waals surface area contributed by atoms with Gasteiger partial charge in [-0.3, -0.25) is 4.79 Å². The highest BCUT2D eigenvalue weighted by atomic mass is 19.1. The third-order valence-corrected chi connectivity index (χ3v) is 2.65. The zero-order chi connectivity index (χ0) is 13.5. The van der Waals surface area contributed by atoms with Crippen molar-refractivity contribution in [3.8, 4) is 0 Å². The molecule has 100 valence electrons. The van der Waals surface area contributed by atoms with Gasteiger partial charge in [0.1, 0.15) is 5.82 Å². The van der Waals surface area contributed by atoms with Crippen LogP contribution in [0.5, 0.6) is 0 Å². The number of nitrogens with zero attached hydrogens (tertiary/aromatic N) is 1. The van der Waals surface area contributed by atoms with Gasteiger partial charge in [0.15, 0.2) is 0 Å². The van der Waals surface area contributed by atoms with E-state index in [1.165, 1.54) is 6.07 Å². The number of nitrogens with one attached hydrogen (secondary N) is 1. The van der Waals surface area contributed by atoms with Gasteiger partial charge >= 0.3 is 0 Å². The molecule has 0 spiro atoms. The van der Waals surface area contributed by atoms with Crippen LogP contribution in [0.3, 0.4) is 0 Å². The van der Waals surface area contributed by atoms with Gasteiger partial charge in [0.25, 0.3) is 0 Å². The Morgan fingerprint density at radius 1 is 1.44 bits per heavy atom. The number of amides is 1. The fourth-order valence-corrected chi connectivity index (χ4v) is 1.82. The number of para-hydroxylation sites is 1. The molecule has 1 aromatic rings. The number of hydrogen-bond donors (Lipinski definition) is 2. The van der Waals surface area contributed by atoms with E-state index in [1.807, 2.05) is 13.8 Å². The Morgan fingerprint density at radius 3 is 2.72 bits per heavy atom. The van der Waals surface area contributed by atoms with Crippen LogP contribution >= 0.6 is 0 Å². The number of aliphatic hydroxyl groups excluding tert-OH is 1. The van der Waals surface area contributed by atoms with E-state index >= 15 is 0 Å². The third-order valence-electron chi connectivity index (χ3n) is 2.65. The van der Waals surface area contributed by atoms with Gasteiger partial charge in [0.2, 0.25) is 5.91 Å². The van der Waals surface area contributed by atoms with E-state index in [1.54, 1.807) is 17.0 Å². The summed E-state index contributed by atoms with van der Waals surface area (Å²) in [6, 6.07) is 4.53. The lowest BCUT2D eigenvalue weighted by Crippen LogP contribution is -2.38. The predicted molar refractivity (Wildman–Crippen MR) is 68.9 cm³/mol. The second-order valence-corrected chi connectivity index (χ2v) is 3.87. The van der Waals surface area contributed by atoms with Crippen LogP contribution in [0.15, 0.2) is 18.2 Å². The Balaban J connectivity index is 2.97. The molecule has 0 bridgehead atoms. The molecule has 0 saturated carbocycles. The molecule has 0 fully saturated rings. The lowest BCUT2D eigenvalue weighted by molar-refractivity contribution is -0.119. The molecule has 0 atom stereocenters. The number of hydrogen-bond acceptors (Lipinski definition) is 3. The summed E-state index contributed by atoms with van der Waals surface area (Å²) in [6.07, 6.45) is 0. The Labute approximate surface area is 106 Å². The summed E-state index contributed by atoms with van der Waals surface area (Å²) < 4.78 is 13.8. The Morgan fingerprint density at radius 2 is 2.17 bits per heavy atom. The molecule has 1 rings (SSSR count). The van der Waals surface area contributed by atoms with Crippen LogP contribution in [-0.4, -0.2) is 30.6 Å². The minimum Gasteiger partial charge on any atom is -0.392 e. The fourth-order valence-electron chi connectivity index (χ4n) is 1.82. The molecule has 18 heavy (non-hydrogen) atoms. The van der Waals surface area contributed by atoms with Crippen molar-refractivity contribution in [1.29, 1.82) is 0 Å². The summed E-state index contributed by atoms with van der Waals surface area (Å²) in [6.45, 7) is 4.53. The Kier molecular flexibility index (Phi) is 5.58. The number of likely N-dealkylation sites (N-methyl/N-ethyl adjacent to an activating group) is 2. The maximum absolute atomic E-state index is 13.8. The highest BCUT2D eigenvalue weighted by molar-refractivity contribution is 5.81. The van der Waals surface area contributed by atoms with Crippen molar-refractivity contribution < 1.29 is 14.3 Å². The minimum atomic E-state index is -0.423. The van der Waals surface area contributed by atoms with Gasteiger partial charge < -0.3 is 15.3 Å². The second-order valence-electron chi connectivity index (χ2n) is 3.87. The molecule has 0 saturated heterocycles. The summed E-state index contributed by atoms with van der Waals surface area (Å²) in [7, 11) is 0. The summed E-state index contributed by atoms with van der Waals surface area (Å²) in [5, 5.41) is 11.9. The molecular weight excluding hydrogens is 235 g/mol. The van der Waals surface area contributed by atoms with E-state index in [-0.39, 0.29) is 19.1 Å². The molecule has 0 aromatic heterocycles. The molecule has 0 unspecified atom stereocenters. The van der Waals surface area contributed by atoms with Crippen molar-refractivity contribution in [3.63, 3.8) is 0 Å². The van der Waals surface area contributed by atoms with Gasteiger partial charge in [-0.2, -0.15) is 0 Å². The van der Waals surface area contributed by atoms with Gasteiger partial charge in [-0.15, -0.1) is 0 Å². The number of carbonyl (C=O) groups is 1. The summed E-state index contributed by atoms with van der Waals surface area (Å²) >= 11 is 0. The first-order valence-corrected chi connectivity index (χ1v) is 6.03. The maximum atomic E-state index is 13.8. The fraction of sp³-hybridized carbons (Fsp3) is 0.462. The van der Waals surface area contributed by atoms with Crippen molar-refractivity contribution in [2.45, 2.75) is 20.5 Å². The lowest BCUT2D eigenvalue weighted by Gasteiger charge is -2.25. The average Bonchev–Trinajstić information content (AvgIpc) is 2.36. The first-order valence-electron chi connectivity index (χ1n) is 6.03. The van der Waals surface area contributed by atoms with Crippen LogP contribution in [0.2, 0.25) is 0 Å². The van der Waals surface area contributed by atoms with E-state index < -0.39 is 5.82 Å². The van der Waals surface area contributed by atoms with Crippen molar-refractivity contribution >= 4 is 11.6 Å². The van der Waals surface area contributed by atoms with Gasteiger partial charge in [0, 0.05) is 18.7 Å². The SMILES string of the molecule is CCNC(=O)CN(CC)c1c(F)cccc1CO. The topological polar surface area (TPSA) is 52.6 Å². The molecule has 0 aliphatic heterocycles. The van der Waals surface area contributed by atoms with Crippen LogP contribution < -0.4 is 10.2 Å². The third kappa shape index (κ3) is 3.43. The largest absolute Gasteiger partial charge is 0.392 e. The highest BCUT2D eigenvalue weighted by Gasteiger charge is 2.16. The standard InChI is InChI=1S/C13H19FN2O2/c1-3-15-12(18)8-16(4-2)13-10(9-17)6-5-7-11(13)14/h5-7,17H,3-4,8-9H2,1-2H3,(H,15,18). The van der Waals surface area contributed by atoms with Crippen LogP contribution in [0.4, 0.5) is 10.1 Å². The monoisotopic (exact) mass is 254 g/mol. The van der Waals surface area contributed by atoms with E-state index in [0.717, 1.165) is 0 Å². The quantitative estimate of drug-likeness (QED) is 0.804. The number of rotatable bonds is 6. The Hall–Kier alpha value is -1.62. The molecule has 2 N–H and O–H groups in total. The van der Waals surface area contributed by atoms with E-state index in [9.17, 15) is 14.3 Å². The van der Waals surface area contributed by atoms with Crippen molar-refractivity contribution in [1.82, 2.24) is 5.32 Å². The van der Waals surface area contributed by atoms with E-state index in [2.05, 4.69) is 5.32 Å². The smallest absolute Gasteiger partial charge is 0.239 e. The normalized spacial score (nSPS) is 10.2. The van der Waals surface area contributed by atoms with Crippen LogP contribution in [0.1, 0.15) is 19.4 Å². The molecule has 0 aliphatic rings. The summed E-state index contributed by atoms with van der Waals surface area (Å²) in [5.74, 6) is -0.584. The van der Waals surface area contributed by atoms with Crippen LogP contribution in [0.25, 0.3) is 0 Å². The number of halogens is 1. The molecule has 1 amide bonds. The molecular formula is C13H19FN2O2. The molecule has 4 nitrogen and oxygen atoms in total. The Bertz CT molecular complexity index is 410. The highest BCUT2D eigenvalue weighted by Crippen LogP contribution is 2.24. The molecule has 0 heterocycles. The van der Waals surface area contributed by atoms with Crippen LogP contribution in [-0.2, 0) is 11.4 Å². The van der Waals surface area contributed by atoms with Crippen molar-refractivity contribution in [2.24, 2.45) is 0 Å².